The third kappa shape index (κ3) is 3.95. The Morgan fingerprint density at radius 1 is 1.39 bits per heavy atom. The summed E-state index contributed by atoms with van der Waals surface area (Å²) in [6, 6.07) is 1.40. The van der Waals surface area contributed by atoms with E-state index in [1.54, 1.807) is 4.57 Å². The molecule has 2 aliphatic rings. The number of nitrogens with one attached hydrogen (secondary N) is 1. The van der Waals surface area contributed by atoms with Gasteiger partial charge < -0.3 is 29.0 Å². The predicted octanol–water partition coefficient (Wildman–Crippen LogP) is 1.57. The second-order valence-electron chi connectivity index (χ2n) is 7.76. The van der Waals surface area contributed by atoms with Gasteiger partial charge in [-0.2, -0.15) is 0 Å². The first kappa shape index (κ1) is 21.1. The Morgan fingerprint density at radius 3 is 2.81 bits per heavy atom. The van der Waals surface area contributed by atoms with Crippen molar-refractivity contribution in [2.45, 2.75) is 31.8 Å². The lowest BCUT2D eigenvalue weighted by molar-refractivity contribution is -0.136. The van der Waals surface area contributed by atoms with Crippen LogP contribution in [0.25, 0.3) is 10.9 Å². The molecular weight excluding hydrogens is 409 g/mol. The third-order valence-corrected chi connectivity index (χ3v) is 5.57. The molecule has 9 nitrogen and oxygen atoms in total. The molecule has 1 unspecified atom stereocenters. The number of esters is 1. The molecule has 0 radical (unpaired) electrons. The summed E-state index contributed by atoms with van der Waals surface area (Å²) in [5.41, 5.74) is -0.149. The lowest BCUT2D eigenvalue weighted by atomic mass is 10.1. The van der Waals surface area contributed by atoms with Gasteiger partial charge in [0, 0.05) is 37.9 Å². The minimum Gasteiger partial charge on any atom is -0.492 e. The maximum absolute atomic E-state index is 15.3. The molecule has 31 heavy (non-hydrogen) atoms. The summed E-state index contributed by atoms with van der Waals surface area (Å²) >= 11 is 0. The number of benzene rings is 1. The minimum absolute atomic E-state index is 0.0407. The molecule has 1 saturated heterocycles. The monoisotopic (exact) mass is 433 g/mol. The molecule has 10 heteroatoms. The smallest absolute Gasteiger partial charge is 0.346 e. The van der Waals surface area contributed by atoms with Crippen LogP contribution in [0.1, 0.15) is 36.2 Å². The third-order valence-electron chi connectivity index (χ3n) is 5.57. The number of pyridine rings is 1. The number of ether oxygens (including phenoxy) is 3. The van der Waals surface area contributed by atoms with E-state index in [9.17, 15) is 14.4 Å². The van der Waals surface area contributed by atoms with Gasteiger partial charge in [0.2, 0.25) is 12.2 Å². The second kappa shape index (κ2) is 8.54. The molecule has 1 aromatic carbocycles. The molecule has 2 fully saturated rings. The molecule has 1 aliphatic heterocycles. The molecule has 2 heterocycles. The van der Waals surface area contributed by atoms with Crippen molar-refractivity contribution in [2.75, 3.05) is 38.4 Å². The SMILES string of the molecule is COc1c(N2CCNC(C)C2)c(F)cc2c(=O)c(C(=O)OCOC=O)cn(C3CC3)c12. The zero-order valence-corrected chi connectivity index (χ0v) is 17.4. The highest BCUT2D eigenvalue weighted by molar-refractivity contribution is 5.97. The summed E-state index contributed by atoms with van der Waals surface area (Å²) in [5.74, 6) is -1.26. The van der Waals surface area contributed by atoms with Crippen molar-refractivity contribution in [3.05, 3.63) is 33.9 Å². The Hall–Kier alpha value is -3.14. The van der Waals surface area contributed by atoms with Gasteiger partial charge in [0.05, 0.1) is 18.0 Å². The fourth-order valence-electron chi connectivity index (χ4n) is 4.05. The van der Waals surface area contributed by atoms with Crippen molar-refractivity contribution < 1.29 is 28.2 Å². The zero-order chi connectivity index (χ0) is 22.1. The maximum atomic E-state index is 15.3. The average Bonchev–Trinajstić information content (AvgIpc) is 3.59. The molecular formula is C21H24FN3O6. The van der Waals surface area contributed by atoms with Gasteiger partial charge in [0.25, 0.3) is 6.47 Å². The number of aromatic nitrogens is 1. The second-order valence-corrected chi connectivity index (χ2v) is 7.76. The molecule has 166 valence electrons. The molecule has 1 aliphatic carbocycles. The summed E-state index contributed by atoms with van der Waals surface area (Å²) in [7, 11) is 1.45. The van der Waals surface area contributed by atoms with Gasteiger partial charge in [-0.15, -0.1) is 0 Å². The van der Waals surface area contributed by atoms with Crippen LogP contribution in [-0.2, 0) is 14.3 Å². The van der Waals surface area contributed by atoms with Crippen LogP contribution < -0.4 is 20.4 Å². The molecule has 1 aromatic heterocycles. The standard InChI is InChI=1S/C21H24FN3O6/c1-12-8-24(6-5-23-12)18-16(22)7-14-17(20(18)29-2)25(13-3-4-13)9-15(19(14)27)21(28)31-11-30-10-26/h7,9-10,12-13,23H,3-6,8,11H2,1-2H3. The fourth-order valence-corrected chi connectivity index (χ4v) is 4.05. The van der Waals surface area contributed by atoms with E-state index in [1.807, 2.05) is 11.8 Å². The number of carbonyl (C=O) groups is 2. The number of piperazine rings is 1. The van der Waals surface area contributed by atoms with E-state index in [-0.39, 0.29) is 35.3 Å². The molecule has 0 amide bonds. The van der Waals surface area contributed by atoms with E-state index in [2.05, 4.69) is 10.1 Å². The van der Waals surface area contributed by atoms with Gasteiger partial charge in [-0.1, -0.05) is 0 Å². The van der Waals surface area contributed by atoms with Crippen LogP contribution in [0, 0.1) is 5.82 Å². The summed E-state index contributed by atoms with van der Waals surface area (Å²) < 4.78 is 32.0. The predicted molar refractivity (Wildman–Crippen MR) is 110 cm³/mol. The van der Waals surface area contributed by atoms with Gasteiger partial charge in [0.15, 0.2) is 11.6 Å². The van der Waals surface area contributed by atoms with Gasteiger partial charge in [-0.3, -0.25) is 9.59 Å². The normalized spacial score (nSPS) is 18.7. The zero-order valence-electron chi connectivity index (χ0n) is 17.4. The van der Waals surface area contributed by atoms with Gasteiger partial charge in [0.1, 0.15) is 11.3 Å². The summed E-state index contributed by atoms with van der Waals surface area (Å²) in [6.07, 6.45) is 3.15. The van der Waals surface area contributed by atoms with Crippen LogP contribution in [0.4, 0.5) is 10.1 Å². The largest absolute Gasteiger partial charge is 0.492 e. The Bertz CT molecular complexity index is 1080. The molecule has 0 bridgehead atoms. The van der Waals surface area contributed by atoms with E-state index >= 15 is 4.39 Å². The highest BCUT2D eigenvalue weighted by atomic mass is 19.1. The Labute approximate surface area is 177 Å². The van der Waals surface area contributed by atoms with Crippen LogP contribution in [0.3, 0.4) is 0 Å². The van der Waals surface area contributed by atoms with Crippen LogP contribution >= 0.6 is 0 Å². The quantitative estimate of drug-likeness (QED) is 0.304. The first-order chi connectivity index (χ1) is 15.0. The summed E-state index contributed by atoms with van der Waals surface area (Å²) in [6.45, 7) is 3.43. The van der Waals surface area contributed by atoms with E-state index in [1.165, 1.54) is 19.4 Å². The number of methoxy groups -OCH3 is 1. The Balaban J connectivity index is 1.90. The van der Waals surface area contributed by atoms with Crippen LogP contribution in [0.5, 0.6) is 5.75 Å². The first-order valence-electron chi connectivity index (χ1n) is 10.1. The molecule has 0 spiro atoms. The van der Waals surface area contributed by atoms with Gasteiger partial charge >= 0.3 is 5.97 Å². The van der Waals surface area contributed by atoms with Gasteiger partial charge in [-0.25, -0.2) is 9.18 Å². The fraction of sp³-hybridized carbons (Fsp3) is 0.476. The summed E-state index contributed by atoms with van der Waals surface area (Å²) in [5, 5.41) is 3.36. The van der Waals surface area contributed by atoms with Crippen molar-refractivity contribution in [3.63, 3.8) is 0 Å². The average molecular weight is 433 g/mol. The topological polar surface area (TPSA) is 99.1 Å². The number of anilines is 1. The highest BCUT2D eigenvalue weighted by Gasteiger charge is 2.32. The lowest BCUT2D eigenvalue weighted by Crippen LogP contribution is -2.49. The molecule has 4 rings (SSSR count). The van der Waals surface area contributed by atoms with E-state index in [4.69, 9.17) is 9.47 Å². The van der Waals surface area contributed by atoms with E-state index < -0.39 is 24.0 Å². The number of hydrogen-bond donors (Lipinski definition) is 1. The van der Waals surface area contributed by atoms with Crippen LogP contribution in [-0.4, -0.2) is 56.6 Å². The number of nitrogens with zero attached hydrogens (tertiary/aromatic N) is 2. The molecule has 1 N–H and O–H groups in total. The van der Waals surface area contributed by atoms with Crippen molar-refractivity contribution in [3.8, 4) is 5.75 Å². The van der Waals surface area contributed by atoms with Crippen LogP contribution in [0.15, 0.2) is 17.1 Å². The Kier molecular flexibility index (Phi) is 5.81. The number of rotatable bonds is 7. The van der Waals surface area contributed by atoms with Gasteiger partial charge in [-0.05, 0) is 25.8 Å². The number of halogens is 1. The van der Waals surface area contributed by atoms with E-state index in [0.29, 0.717) is 30.8 Å². The maximum Gasteiger partial charge on any atom is 0.346 e. The van der Waals surface area contributed by atoms with Crippen molar-refractivity contribution in [1.82, 2.24) is 9.88 Å². The number of carbonyl (C=O) groups excluding carboxylic acids is 2. The highest BCUT2D eigenvalue weighted by Crippen LogP contribution is 2.43. The van der Waals surface area contributed by atoms with Crippen LogP contribution in [0.2, 0.25) is 0 Å². The minimum atomic E-state index is -0.942. The first-order valence-corrected chi connectivity index (χ1v) is 10.1. The number of fused-ring (bicyclic) bond motifs is 1. The molecule has 2 aromatic rings. The van der Waals surface area contributed by atoms with Crippen molar-refractivity contribution in [1.29, 1.82) is 0 Å². The number of hydrogen-bond acceptors (Lipinski definition) is 8. The summed E-state index contributed by atoms with van der Waals surface area (Å²) in [4.78, 5) is 37.7. The van der Waals surface area contributed by atoms with E-state index in [0.717, 1.165) is 12.8 Å². The van der Waals surface area contributed by atoms with Crippen molar-refractivity contribution in [2.24, 2.45) is 0 Å². The van der Waals surface area contributed by atoms with Crippen molar-refractivity contribution >= 4 is 29.0 Å². The Morgan fingerprint density at radius 2 is 2.16 bits per heavy atom. The molecule has 1 atom stereocenters. The lowest BCUT2D eigenvalue weighted by Gasteiger charge is -2.35. The molecule has 1 saturated carbocycles.